The van der Waals surface area contributed by atoms with Crippen LogP contribution >= 0.6 is 0 Å². The predicted molar refractivity (Wildman–Crippen MR) is 83.7 cm³/mol. The first-order valence-electron chi connectivity index (χ1n) is 8.29. The fourth-order valence-corrected chi connectivity index (χ4v) is 3.60. The van der Waals surface area contributed by atoms with Gasteiger partial charge in [-0.15, -0.1) is 0 Å². The number of halogens is 6. The van der Waals surface area contributed by atoms with E-state index in [-0.39, 0.29) is 18.8 Å². The summed E-state index contributed by atoms with van der Waals surface area (Å²) in [5, 5.41) is 9.66. The fourth-order valence-electron chi connectivity index (χ4n) is 3.60. The second-order valence-electron chi connectivity index (χ2n) is 7.62. The van der Waals surface area contributed by atoms with Gasteiger partial charge in [0.05, 0.1) is 5.60 Å². The molecule has 1 aliphatic rings. The van der Waals surface area contributed by atoms with E-state index in [0.717, 1.165) is 6.08 Å². The fraction of sp³-hybridized carbons (Fsp3) is 0.824. The molecule has 27 heavy (non-hydrogen) atoms. The van der Waals surface area contributed by atoms with Gasteiger partial charge in [0, 0.05) is 6.08 Å². The van der Waals surface area contributed by atoms with Gasteiger partial charge in [-0.05, 0) is 52.9 Å². The Morgan fingerprint density at radius 2 is 1.70 bits per heavy atom. The lowest BCUT2D eigenvalue weighted by molar-refractivity contribution is -0.420. The van der Waals surface area contributed by atoms with Crippen molar-refractivity contribution < 1.29 is 45.7 Å². The van der Waals surface area contributed by atoms with Gasteiger partial charge >= 0.3 is 18.3 Å². The van der Waals surface area contributed by atoms with Gasteiger partial charge in [-0.1, -0.05) is 6.58 Å². The molecule has 3 unspecified atom stereocenters. The molecule has 0 saturated heterocycles. The van der Waals surface area contributed by atoms with Crippen LogP contribution in [0.25, 0.3) is 0 Å². The number of rotatable bonds is 6. The molecule has 3 atom stereocenters. The van der Waals surface area contributed by atoms with Gasteiger partial charge in [-0.25, -0.2) is 4.79 Å². The van der Waals surface area contributed by atoms with Crippen LogP contribution in [0.2, 0.25) is 0 Å². The number of esters is 1. The maximum absolute atomic E-state index is 13.2. The van der Waals surface area contributed by atoms with Gasteiger partial charge in [0.25, 0.3) is 5.60 Å². The second-order valence-corrected chi connectivity index (χ2v) is 7.62. The number of alkyl halides is 6. The van der Waals surface area contributed by atoms with Crippen molar-refractivity contribution in [3.63, 3.8) is 0 Å². The number of ether oxygens (including phenoxy) is 2. The molecule has 0 aliphatic heterocycles. The molecule has 0 heterocycles. The van der Waals surface area contributed by atoms with E-state index < -0.39 is 41.2 Å². The minimum atomic E-state index is -5.99. The van der Waals surface area contributed by atoms with E-state index in [9.17, 15) is 36.2 Å². The first-order chi connectivity index (χ1) is 11.9. The molecule has 0 spiro atoms. The van der Waals surface area contributed by atoms with E-state index >= 15 is 0 Å². The third kappa shape index (κ3) is 4.59. The van der Waals surface area contributed by atoms with E-state index in [0.29, 0.717) is 20.3 Å². The average molecular weight is 406 g/mol. The van der Waals surface area contributed by atoms with Crippen LogP contribution < -0.4 is 0 Å². The van der Waals surface area contributed by atoms with Crippen molar-refractivity contribution in [3.8, 4) is 0 Å². The second kappa shape index (κ2) is 7.27. The van der Waals surface area contributed by atoms with Crippen LogP contribution in [0.1, 0.15) is 47.0 Å². The van der Waals surface area contributed by atoms with Crippen molar-refractivity contribution in [3.05, 3.63) is 12.7 Å². The van der Waals surface area contributed by atoms with Crippen LogP contribution in [0.3, 0.4) is 0 Å². The summed E-state index contributed by atoms with van der Waals surface area (Å²) in [5.41, 5.74) is -9.42. The van der Waals surface area contributed by atoms with E-state index in [4.69, 9.17) is 9.47 Å². The molecule has 4 nitrogen and oxygen atoms in total. The Morgan fingerprint density at radius 1 is 1.22 bits per heavy atom. The molecule has 1 saturated carbocycles. The normalized spacial score (nSPS) is 26.0. The minimum absolute atomic E-state index is 0.0633. The minimum Gasteiger partial charge on any atom is -0.459 e. The predicted octanol–water partition coefficient (Wildman–Crippen LogP) is 4.31. The SMILES string of the molecule is C=CC(=O)OC(C)C1CCC(C)(OC(C)(C)C(O)(C(F)(F)F)C(F)(F)F)C1. The summed E-state index contributed by atoms with van der Waals surface area (Å²) in [6.45, 7) is 7.33. The number of carbonyl (C=O) groups excluding carboxylic acids is 1. The van der Waals surface area contributed by atoms with E-state index in [1.807, 2.05) is 0 Å². The summed E-state index contributed by atoms with van der Waals surface area (Å²) in [5.74, 6) is -1.000. The lowest BCUT2D eigenvalue weighted by Crippen LogP contribution is -2.70. The third-order valence-corrected chi connectivity index (χ3v) is 5.06. The standard InChI is InChI=1S/C17H24F6O4/c1-6-12(24)26-10(2)11-7-8-14(5,9-11)27-13(3,4)15(25,16(18,19)20)17(21,22)23/h6,10-11,25H,1,7-9H2,2-5H3. The Morgan fingerprint density at radius 3 is 2.11 bits per heavy atom. The van der Waals surface area contributed by atoms with Crippen molar-refractivity contribution in [2.45, 2.75) is 82.2 Å². The highest BCUT2D eigenvalue weighted by Crippen LogP contribution is 2.53. The summed E-state index contributed by atoms with van der Waals surface area (Å²) >= 11 is 0. The molecule has 0 aromatic carbocycles. The summed E-state index contributed by atoms with van der Waals surface area (Å²) in [6, 6.07) is 0. The van der Waals surface area contributed by atoms with Gasteiger partial charge in [0.1, 0.15) is 11.7 Å². The molecular formula is C17H24F6O4. The topological polar surface area (TPSA) is 55.8 Å². The lowest BCUT2D eigenvalue weighted by Gasteiger charge is -2.47. The molecule has 158 valence electrons. The molecule has 10 heteroatoms. The summed E-state index contributed by atoms with van der Waals surface area (Å²) < 4.78 is 89.3. The van der Waals surface area contributed by atoms with Crippen LogP contribution in [0.15, 0.2) is 12.7 Å². The highest BCUT2D eigenvalue weighted by atomic mass is 19.4. The van der Waals surface area contributed by atoms with Crippen molar-refractivity contribution in [2.24, 2.45) is 5.92 Å². The summed E-state index contributed by atoms with van der Waals surface area (Å²) in [6.07, 6.45) is -11.1. The Labute approximate surface area is 153 Å². The van der Waals surface area contributed by atoms with Crippen LogP contribution in [0, 0.1) is 5.92 Å². The zero-order chi connectivity index (χ0) is 21.5. The number of aliphatic hydroxyl groups is 1. The van der Waals surface area contributed by atoms with Crippen LogP contribution in [-0.4, -0.2) is 46.3 Å². The molecule has 0 amide bonds. The number of hydrogen-bond acceptors (Lipinski definition) is 4. The van der Waals surface area contributed by atoms with E-state index in [1.54, 1.807) is 6.92 Å². The Balaban J connectivity index is 3.04. The van der Waals surface area contributed by atoms with Crippen LogP contribution in [0.4, 0.5) is 26.3 Å². The maximum Gasteiger partial charge on any atom is 0.429 e. The molecule has 1 N–H and O–H groups in total. The molecule has 0 radical (unpaired) electrons. The van der Waals surface area contributed by atoms with Crippen molar-refractivity contribution in [1.29, 1.82) is 0 Å². The van der Waals surface area contributed by atoms with Gasteiger partial charge in [-0.3, -0.25) is 0 Å². The largest absolute Gasteiger partial charge is 0.459 e. The Hall–Kier alpha value is -1.29. The van der Waals surface area contributed by atoms with Crippen molar-refractivity contribution in [2.75, 3.05) is 0 Å². The van der Waals surface area contributed by atoms with E-state index in [2.05, 4.69) is 6.58 Å². The zero-order valence-electron chi connectivity index (χ0n) is 15.5. The monoisotopic (exact) mass is 406 g/mol. The average Bonchev–Trinajstić information content (AvgIpc) is 2.84. The number of hydrogen-bond donors (Lipinski definition) is 1. The maximum atomic E-state index is 13.2. The zero-order valence-corrected chi connectivity index (χ0v) is 15.5. The van der Waals surface area contributed by atoms with Gasteiger partial charge in [-0.2, -0.15) is 26.3 Å². The molecule has 0 aromatic rings. The molecule has 1 rings (SSSR count). The summed E-state index contributed by atoms with van der Waals surface area (Å²) in [4.78, 5) is 11.3. The van der Waals surface area contributed by atoms with Gasteiger partial charge in [0.15, 0.2) is 0 Å². The quantitative estimate of drug-likeness (QED) is 0.406. The van der Waals surface area contributed by atoms with E-state index in [1.165, 1.54) is 6.92 Å². The Kier molecular flexibility index (Phi) is 6.40. The van der Waals surface area contributed by atoms with Crippen LogP contribution in [0.5, 0.6) is 0 Å². The highest BCUT2D eigenvalue weighted by Gasteiger charge is 2.78. The lowest BCUT2D eigenvalue weighted by atomic mass is 9.83. The first kappa shape index (κ1) is 23.7. The molecule has 1 aliphatic carbocycles. The van der Waals surface area contributed by atoms with Crippen molar-refractivity contribution >= 4 is 5.97 Å². The van der Waals surface area contributed by atoms with Crippen LogP contribution in [-0.2, 0) is 14.3 Å². The van der Waals surface area contributed by atoms with Crippen molar-refractivity contribution in [1.82, 2.24) is 0 Å². The molecular weight excluding hydrogens is 382 g/mol. The Bertz CT molecular complexity index is 555. The molecule has 0 aromatic heterocycles. The van der Waals surface area contributed by atoms with Gasteiger partial charge in [0.2, 0.25) is 0 Å². The highest BCUT2D eigenvalue weighted by molar-refractivity contribution is 5.81. The third-order valence-electron chi connectivity index (χ3n) is 5.06. The van der Waals surface area contributed by atoms with Gasteiger partial charge < -0.3 is 14.6 Å². The molecule has 1 fully saturated rings. The summed E-state index contributed by atoms with van der Waals surface area (Å²) in [7, 11) is 0. The smallest absolute Gasteiger partial charge is 0.429 e. The molecule has 0 bridgehead atoms. The number of carbonyl (C=O) groups is 1. The first-order valence-corrected chi connectivity index (χ1v) is 8.29.